The van der Waals surface area contributed by atoms with Gasteiger partial charge in [-0.1, -0.05) is 5.57 Å². The third-order valence-electron chi connectivity index (χ3n) is 0.965. The Bertz CT molecular complexity index is 134. The molecule has 0 aliphatic rings. The lowest BCUT2D eigenvalue weighted by Gasteiger charge is -1.96. The molecular formula is C7H10FN. The molecule has 2 heteroatoms. The minimum Gasteiger partial charge on any atom is -0.231 e. The van der Waals surface area contributed by atoms with E-state index in [1.54, 1.807) is 0 Å². The molecule has 0 radical (unpaired) electrons. The highest BCUT2D eigenvalue weighted by atomic mass is 19.1. The summed E-state index contributed by atoms with van der Waals surface area (Å²) >= 11 is 0. The molecule has 1 nitrogen and oxygen atoms in total. The third-order valence-corrected chi connectivity index (χ3v) is 0.965. The second-order valence-corrected chi connectivity index (χ2v) is 2.09. The first-order valence-corrected chi connectivity index (χ1v) is 2.85. The Morgan fingerprint density at radius 3 is 2.78 bits per heavy atom. The maximum absolute atomic E-state index is 12.1. The van der Waals surface area contributed by atoms with Crippen LogP contribution in [0, 0.1) is 11.3 Å². The smallest absolute Gasteiger partial charge is 0.186 e. The van der Waals surface area contributed by atoms with E-state index in [1.807, 2.05) is 6.92 Å². The second kappa shape index (κ2) is 4.08. The maximum Gasteiger partial charge on any atom is 0.186 e. The Hall–Kier alpha value is -0.840. The predicted molar refractivity (Wildman–Crippen MR) is 34.6 cm³/mol. The normalized spacial score (nSPS) is 12.1. The zero-order valence-corrected chi connectivity index (χ0v) is 5.52. The third kappa shape index (κ3) is 5.02. The molecule has 50 valence electrons. The minimum atomic E-state index is -1.32. The van der Waals surface area contributed by atoms with Gasteiger partial charge >= 0.3 is 0 Å². The van der Waals surface area contributed by atoms with Crippen molar-refractivity contribution in [3.8, 4) is 6.07 Å². The Morgan fingerprint density at radius 2 is 2.44 bits per heavy atom. The van der Waals surface area contributed by atoms with E-state index >= 15 is 0 Å². The predicted octanol–water partition coefficient (Wildman–Crippen LogP) is 2.20. The van der Waals surface area contributed by atoms with Gasteiger partial charge in [0, 0.05) is 0 Å². The van der Waals surface area contributed by atoms with Crippen LogP contribution in [0.1, 0.15) is 19.8 Å². The lowest BCUT2D eigenvalue weighted by Crippen LogP contribution is -1.94. The fourth-order valence-electron chi connectivity index (χ4n) is 0.438. The van der Waals surface area contributed by atoms with Crippen LogP contribution in [-0.4, -0.2) is 6.17 Å². The number of nitrogens with zero attached hydrogens (tertiary/aromatic N) is 1. The van der Waals surface area contributed by atoms with Crippen LogP contribution in [-0.2, 0) is 0 Å². The van der Waals surface area contributed by atoms with Crippen LogP contribution in [0.15, 0.2) is 12.2 Å². The molecule has 0 saturated carbocycles. The Morgan fingerprint density at radius 1 is 1.89 bits per heavy atom. The van der Waals surface area contributed by atoms with E-state index in [4.69, 9.17) is 5.26 Å². The summed E-state index contributed by atoms with van der Waals surface area (Å²) in [6.45, 7) is 5.41. The van der Waals surface area contributed by atoms with Crippen molar-refractivity contribution in [1.29, 1.82) is 5.26 Å². The molecule has 0 amide bonds. The Labute approximate surface area is 54.8 Å². The summed E-state index contributed by atoms with van der Waals surface area (Å²) in [5, 5.41) is 7.99. The first-order chi connectivity index (χ1) is 4.16. The molecule has 0 N–H and O–H groups in total. The number of hydrogen-bond acceptors (Lipinski definition) is 1. The van der Waals surface area contributed by atoms with E-state index in [9.17, 15) is 4.39 Å². The van der Waals surface area contributed by atoms with Crippen molar-refractivity contribution in [3.63, 3.8) is 0 Å². The van der Waals surface area contributed by atoms with Gasteiger partial charge in [0.05, 0.1) is 6.07 Å². The number of nitriles is 1. The van der Waals surface area contributed by atoms with Gasteiger partial charge in [0.2, 0.25) is 0 Å². The van der Waals surface area contributed by atoms with E-state index in [0.29, 0.717) is 6.42 Å². The van der Waals surface area contributed by atoms with Crippen LogP contribution >= 0.6 is 0 Å². The molecule has 0 aromatic rings. The fraction of sp³-hybridized carbons (Fsp3) is 0.571. The van der Waals surface area contributed by atoms with Crippen molar-refractivity contribution >= 4 is 0 Å². The number of hydrogen-bond donors (Lipinski definition) is 0. The van der Waals surface area contributed by atoms with E-state index in [1.165, 1.54) is 6.07 Å². The fourth-order valence-corrected chi connectivity index (χ4v) is 0.438. The molecule has 0 saturated heterocycles. The van der Waals surface area contributed by atoms with Crippen LogP contribution in [0.25, 0.3) is 0 Å². The van der Waals surface area contributed by atoms with Crippen LogP contribution in [0.3, 0.4) is 0 Å². The number of rotatable bonds is 3. The average molecular weight is 127 g/mol. The van der Waals surface area contributed by atoms with Gasteiger partial charge in [0.15, 0.2) is 6.17 Å². The van der Waals surface area contributed by atoms with Crippen molar-refractivity contribution in [3.05, 3.63) is 12.2 Å². The monoisotopic (exact) mass is 127 g/mol. The van der Waals surface area contributed by atoms with Crippen LogP contribution in [0.4, 0.5) is 4.39 Å². The SMILES string of the molecule is C=C(C)CCC(F)C#N. The summed E-state index contributed by atoms with van der Waals surface area (Å²) in [6, 6.07) is 1.51. The van der Waals surface area contributed by atoms with E-state index < -0.39 is 6.17 Å². The van der Waals surface area contributed by atoms with Gasteiger partial charge in [0.1, 0.15) is 0 Å². The lowest BCUT2D eigenvalue weighted by molar-refractivity contribution is 0.387. The molecule has 0 bridgehead atoms. The molecule has 0 rings (SSSR count). The summed E-state index contributed by atoms with van der Waals surface area (Å²) < 4.78 is 12.1. The summed E-state index contributed by atoms with van der Waals surface area (Å²) in [7, 11) is 0. The lowest BCUT2D eigenvalue weighted by atomic mass is 10.1. The minimum absolute atomic E-state index is 0.284. The van der Waals surface area contributed by atoms with Crippen LogP contribution in [0.5, 0.6) is 0 Å². The van der Waals surface area contributed by atoms with Gasteiger partial charge in [-0.05, 0) is 19.8 Å². The topological polar surface area (TPSA) is 23.8 Å². The standard InChI is InChI=1S/C7H10FN/c1-6(2)3-4-7(8)5-9/h7H,1,3-4H2,2H3. The van der Waals surface area contributed by atoms with Gasteiger partial charge in [0.25, 0.3) is 0 Å². The van der Waals surface area contributed by atoms with E-state index in [-0.39, 0.29) is 6.42 Å². The van der Waals surface area contributed by atoms with Gasteiger partial charge < -0.3 is 0 Å². The first-order valence-electron chi connectivity index (χ1n) is 2.85. The van der Waals surface area contributed by atoms with Crippen molar-refractivity contribution in [2.75, 3.05) is 0 Å². The van der Waals surface area contributed by atoms with E-state index in [2.05, 4.69) is 6.58 Å². The van der Waals surface area contributed by atoms with Gasteiger partial charge in [-0.3, -0.25) is 0 Å². The molecule has 0 heterocycles. The number of allylic oxidation sites excluding steroid dienone is 1. The zero-order chi connectivity index (χ0) is 7.28. The first kappa shape index (κ1) is 8.16. The van der Waals surface area contributed by atoms with Crippen LogP contribution in [0.2, 0.25) is 0 Å². The summed E-state index contributed by atoms with van der Waals surface area (Å²) in [4.78, 5) is 0. The molecule has 1 atom stereocenters. The Kier molecular flexibility index (Phi) is 3.70. The van der Waals surface area contributed by atoms with Gasteiger partial charge in [-0.15, -0.1) is 6.58 Å². The summed E-state index contributed by atoms with van der Waals surface area (Å²) in [5.74, 6) is 0. The molecule has 9 heavy (non-hydrogen) atoms. The molecule has 0 aliphatic heterocycles. The summed E-state index contributed by atoms with van der Waals surface area (Å²) in [5.41, 5.74) is 0.924. The largest absolute Gasteiger partial charge is 0.231 e. The van der Waals surface area contributed by atoms with Crippen LogP contribution < -0.4 is 0 Å². The van der Waals surface area contributed by atoms with Crippen molar-refractivity contribution < 1.29 is 4.39 Å². The van der Waals surface area contributed by atoms with Gasteiger partial charge in [-0.2, -0.15) is 5.26 Å². The van der Waals surface area contributed by atoms with Gasteiger partial charge in [-0.25, -0.2) is 4.39 Å². The zero-order valence-electron chi connectivity index (χ0n) is 5.52. The highest BCUT2D eigenvalue weighted by molar-refractivity contribution is 4.92. The quantitative estimate of drug-likeness (QED) is 0.533. The second-order valence-electron chi connectivity index (χ2n) is 2.09. The van der Waals surface area contributed by atoms with Crippen molar-refractivity contribution in [2.45, 2.75) is 25.9 Å². The molecule has 0 aromatic heterocycles. The number of halogens is 1. The number of alkyl halides is 1. The molecule has 0 aromatic carbocycles. The highest BCUT2D eigenvalue weighted by Crippen LogP contribution is 2.05. The highest BCUT2D eigenvalue weighted by Gasteiger charge is 2.01. The van der Waals surface area contributed by atoms with Crippen molar-refractivity contribution in [2.24, 2.45) is 0 Å². The molecule has 1 unspecified atom stereocenters. The molecule has 0 fully saturated rings. The molecule has 0 spiro atoms. The van der Waals surface area contributed by atoms with E-state index in [0.717, 1.165) is 5.57 Å². The Balaban J connectivity index is 3.30. The average Bonchev–Trinajstić information content (AvgIpc) is 1.83. The maximum atomic E-state index is 12.1. The van der Waals surface area contributed by atoms with Crippen molar-refractivity contribution in [1.82, 2.24) is 0 Å². The molecular weight excluding hydrogens is 117 g/mol. The molecule has 0 aliphatic carbocycles. The summed E-state index contributed by atoms with van der Waals surface area (Å²) in [6.07, 6.45) is -0.428.